The molecule has 27 heavy (non-hydrogen) atoms. The number of nitrogens with zero attached hydrogens (tertiary/aromatic N) is 1. The van der Waals surface area contributed by atoms with E-state index in [0.717, 1.165) is 31.2 Å². The lowest BCUT2D eigenvalue weighted by atomic mass is 9.95. The topological polar surface area (TPSA) is 59.8 Å². The highest BCUT2D eigenvalue weighted by atomic mass is 16.5. The molecule has 1 aromatic heterocycles. The van der Waals surface area contributed by atoms with Gasteiger partial charge in [0.1, 0.15) is 11.3 Å². The van der Waals surface area contributed by atoms with Crippen LogP contribution < -0.4 is 5.63 Å². The fourth-order valence-corrected chi connectivity index (χ4v) is 4.11. The van der Waals surface area contributed by atoms with Gasteiger partial charge in [-0.05, 0) is 55.4 Å². The molecular formula is C22H25NO4. The van der Waals surface area contributed by atoms with E-state index < -0.39 is 5.63 Å². The van der Waals surface area contributed by atoms with Crippen molar-refractivity contribution in [1.29, 1.82) is 0 Å². The molecule has 142 valence electrons. The SMILES string of the molecule is Cc1cc(C2CCOCC2)oc(=O)c1C(=O)N1CCCc2ccccc2C1. The van der Waals surface area contributed by atoms with Gasteiger partial charge in [0.05, 0.1) is 0 Å². The first-order chi connectivity index (χ1) is 13.1. The Kier molecular flexibility index (Phi) is 5.12. The number of benzene rings is 1. The van der Waals surface area contributed by atoms with E-state index in [9.17, 15) is 9.59 Å². The van der Waals surface area contributed by atoms with E-state index >= 15 is 0 Å². The fourth-order valence-electron chi connectivity index (χ4n) is 4.11. The zero-order chi connectivity index (χ0) is 18.8. The Bertz CT molecular complexity index is 895. The van der Waals surface area contributed by atoms with Crippen LogP contribution in [0.1, 0.15) is 58.0 Å². The molecule has 0 atom stereocenters. The van der Waals surface area contributed by atoms with Gasteiger partial charge in [0, 0.05) is 32.2 Å². The lowest BCUT2D eigenvalue weighted by Crippen LogP contribution is -2.35. The average molecular weight is 367 g/mol. The molecule has 0 unspecified atom stereocenters. The molecule has 0 N–H and O–H groups in total. The number of ether oxygens (including phenoxy) is 1. The summed E-state index contributed by atoms with van der Waals surface area (Å²) in [5, 5.41) is 0. The number of rotatable bonds is 2. The summed E-state index contributed by atoms with van der Waals surface area (Å²) in [5.41, 5.74) is 2.80. The highest BCUT2D eigenvalue weighted by Crippen LogP contribution is 2.27. The van der Waals surface area contributed by atoms with Gasteiger partial charge < -0.3 is 14.1 Å². The minimum Gasteiger partial charge on any atom is -0.427 e. The highest BCUT2D eigenvalue weighted by Gasteiger charge is 2.27. The molecule has 0 saturated carbocycles. The normalized spacial score (nSPS) is 18.0. The molecular weight excluding hydrogens is 342 g/mol. The molecule has 1 fully saturated rings. The van der Waals surface area contributed by atoms with Crippen molar-refractivity contribution >= 4 is 5.91 Å². The molecule has 4 rings (SSSR count). The van der Waals surface area contributed by atoms with Gasteiger partial charge in [0.25, 0.3) is 5.91 Å². The zero-order valence-electron chi connectivity index (χ0n) is 15.7. The van der Waals surface area contributed by atoms with Crippen molar-refractivity contribution in [2.45, 2.75) is 45.1 Å². The Balaban J connectivity index is 1.61. The average Bonchev–Trinajstić information content (AvgIpc) is 2.90. The van der Waals surface area contributed by atoms with Gasteiger partial charge in [-0.3, -0.25) is 4.79 Å². The van der Waals surface area contributed by atoms with Crippen LogP contribution in [-0.2, 0) is 17.7 Å². The van der Waals surface area contributed by atoms with E-state index in [-0.39, 0.29) is 17.4 Å². The van der Waals surface area contributed by atoms with E-state index in [0.29, 0.717) is 37.6 Å². The van der Waals surface area contributed by atoms with Gasteiger partial charge in [-0.1, -0.05) is 24.3 Å². The molecule has 0 spiro atoms. The van der Waals surface area contributed by atoms with Gasteiger partial charge in [-0.15, -0.1) is 0 Å². The molecule has 0 aliphatic carbocycles. The van der Waals surface area contributed by atoms with Gasteiger partial charge in [0.15, 0.2) is 0 Å². The number of carbonyl (C=O) groups excluding carboxylic acids is 1. The summed E-state index contributed by atoms with van der Waals surface area (Å²) in [5.74, 6) is 0.648. The summed E-state index contributed by atoms with van der Waals surface area (Å²) in [7, 11) is 0. The van der Waals surface area contributed by atoms with Crippen LogP contribution in [-0.4, -0.2) is 30.6 Å². The number of hydrogen-bond donors (Lipinski definition) is 0. The van der Waals surface area contributed by atoms with Crippen LogP contribution in [0.5, 0.6) is 0 Å². The maximum atomic E-state index is 13.1. The van der Waals surface area contributed by atoms with Crippen molar-refractivity contribution in [2.75, 3.05) is 19.8 Å². The third-order valence-corrected chi connectivity index (χ3v) is 5.65. The summed E-state index contributed by atoms with van der Waals surface area (Å²) in [6.07, 6.45) is 3.54. The van der Waals surface area contributed by atoms with Crippen LogP contribution in [0.3, 0.4) is 0 Å². The monoisotopic (exact) mass is 367 g/mol. The molecule has 0 radical (unpaired) electrons. The molecule has 1 saturated heterocycles. The molecule has 1 amide bonds. The van der Waals surface area contributed by atoms with E-state index in [1.165, 1.54) is 5.56 Å². The van der Waals surface area contributed by atoms with Gasteiger partial charge in [0.2, 0.25) is 0 Å². The van der Waals surface area contributed by atoms with Crippen molar-refractivity contribution in [2.24, 2.45) is 0 Å². The minimum absolute atomic E-state index is 0.171. The number of carbonyl (C=O) groups is 1. The second kappa shape index (κ2) is 7.69. The van der Waals surface area contributed by atoms with E-state index in [4.69, 9.17) is 9.15 Å². The van der Waals surface area contributed by atoms with Crippen molar-refractivity contribution in [3.8, 4) is 0 Å². The Hall–Kier alpha value is -2.40. The maximum Gasteiger partial charge on any atom is 0.349 e. The second-order valence-electron chi connectivity index (χ2n) is 7.48. The van der Waals surface area contributed by atoms with Crippen LogP contribution in [0.15, 0.2) is 39.5 Å². The summed E-state index contributed by atoms with van der Waals surface area (Å²) in [6.45, 7) is 4.38. The third-order valence-electron chi connectivity index (χ3n) is 5.65. The van der Waals surface area contributed by atoms with Crippen LogP contribution >= 0.6 is 0 Å². The van der Waals surface area contributed by atoms with Gasteiger partial charge in [-0.25, -0.2) is 4.79 Å². The van der Waals surface area contributed by atoms with Crippen molar-refractivity contribution < 1.29 is 13.9 Å². The summed E-state index contributed by atoms with van der Waals surface area (Å²) >= 11 is 0. The Morgan fingerprint density at radius 2 is 1.89 bits per heavy atom. The standard InChI is InChI=1S/C22H25NO4/c1-15-13-19(17-8-11-26-12-9-17)27-22(25)20(15)21(24)23-10-4-7-16-5-2-3-6-18(16)14-23/h2-3,5-6,13,17H,4,7-12,14H2,1H3. The molecule has 2 aliphatic heterocycles. The number of fused-ring (bicyclic) bond motifs is 1. The first-order valence-corrected chi connectivity index (χ1v) is 9.72. The Morgan fingerprint density at radius 1 is 1.15 bits per heavy atom. The van der Waals surface area contributed by atoms with E-state index in [2.05, 4.69) is 12.1 Å². The van der Waals surface area contributed by atoms with E-state index in [1.54, 1.807) is 4.90 Å². The molecule has 0 bridgehead atoms. The fraction of sp³-hybridized carbons (Fsp3) is 0.455. The Morgan fingerprint density at radius 3 is 2.63 bits per heavy atom. The zero-order valence-corrected chi connectivity index (χ0v) is 15.7. The second-order valence-corrected chi connectivity index (χ2v) is 7.48. The molecule has 3 heterocycles. The Labute approximate surface area is 158 Å². The molecule has 1 aromatic carbocycles. The highest BCUT2D eigenvalue weighted by molar-refractivity contribution is 5.95. The van der Waals surface area contributed by atoms with Crippen LogP contribution in [0, 0.1) is 6.92 Å². The van der Waals surface area contributed by atoms with Crippen LogP contribution in [0.4, 0.5) is 0 Å². The van der Waals surface area contributed by atoms with E-state index in [1.807, 2.05) is 25.1 Å². The number of aryl methyl sites for hydroxylation is 2. The predicted molar refractivity (Wildman–Crippen MR) is 102 cm³/mol. The quantitative estimate of drug-likeness (QED) is 0.816. The molecule has 2 aliphatic rings. The lowest BCUT2D eigenvalue weighted by molar-refractivity contribution is 0.0732. The first kappa shape index (κ1) is 18.0. The third kappa shape index (κ3) is 3.69. The minimum atomic E-state index is -0.515. The number of hydrogen-bond acceptors (Lipinski definition) is 4. The van der Waals surface area contributed by atoms with Gasteiger partial charge >= 0.3 is 5.63 Å². The van der Waals surface area contributed by atoms with Crippen molar-refractivity contribution in [3.05, 3.63) is 68.8 Å². The smallest absolute Gasteiger partial charge is 0.349 e. The van der Waals surface area contributed by atoms with Crippen molar-refractivity contribution in [1.82, 2.24) is 4.90 Å². The first-order valence-electron chi connectivity index (χ1n) is 9.72. The summed E-state index contributed by atoms with van der Waals surface area (Å²) in [6, 6.07) is 10.1. The molecule has 5 heteroatoms. The number of amides is 1. The summed E-state index contributed by atoms with van der Waals surface area (Å²) in [4.78, 5) is 27.6. The van der Waals surface area contributed by atoms with Crippen LogP contribution in [0.2, 0.25) is 0 Å². The largest absolute Gasteiger partial charge is 0.427 e. The van der Waals surface area contributed by atoms with Gasteiger partial charge in [-0.2, -0.15) is 0 Å². The van der Waals surface area contributed by atoms with Crippen molar-refractivity contribution in [3.63, 3.8) is 0 Å². The maximum absolute atomic E-state index is 13.1. The molecule has 2 aromatic rings. The van der Waals surface area contributed by atoms with Crippen LogP contribution in [0.25, 0.3) is 0 Å². The molecule has 5 nitrogen and oxygen atoms in total. The lowest BCUT2D eigenvalue weighted by Gasteiger charge is -2.23. The summed E-state index contributed by atoms with van der Waals surface area (Å²) < 4.78 is 11.0. The predicted octanol–water partition coefficient (Wildman–Crippen LogP) is 3.43.